The van der Waals surface area contributed by atoms with Crippen molar-refractivity contribution in [2.75, 3.05) is 13.3 Å². The number of hydrogen-bond donors (Lipinski definition) is 0. The molecular formula is C18H19NO4S. The first-order chi connectivity index (χ1) is 11.6. The van der Waals surface area contributed by atoms with Crippen LogP contribution in [0.4, 0.5) is 0 Å². The molecule has 0 bridgehead atoms. The van der Waals surface area contributed by atoms with E-state index in [1.165, 1.54) is 9.71 Å². The van der Waals surface area contributed by atoms with Gasteiger partial charge in [-0.25, -0.2) is 8.42 Å². The Morgan fingerprint density at radius 3 is 2.58 bits per heavy atom. The van der Waals surface area contributed by atoms with Crippen LogP contribution < -0.4 is 9.47 Å². The summed E-state index contributed by atoms with van der Waals surface area (Å²) in [5, 5.41) is 1.25. The van der Waals surface area contributed by atoms with Crippen LogP contribution in [0.15, 0.2) is 53.9 Å². The number of sulfonamides is 1. The largest absolute Gasteiger partial charge is 0.454 e. The number of ether oxygens (including phenoxy) is 2. The third kappa shape index (κ3) is 3.77. The normalized spacial score (nSPS) is 13.8. The molecule has 0 amide bonds. The van der Waals surface area contributed by atoms with Gasteiger partial charge in [-0.1, -0.05) is 43.3 Å². The molecule has 0 fully saturated rings. The third-order valence-electron chi connectivity index (χ3n) is 3.74. The minimum atomic E-state index is -3.50. The van der Waals surface area contributed by atoms with Crippen LogP contribution in [-0.4, -0.2) is 26.1 Å². The maximum atomic E-state index is 12.6. The van der Waals surface area contributed by atoms with Gasteiger partial charge >= 0.3 is 0 Å². The Bertz CT molecular complexity index is 831. The first-order valence-electron chi connectivity index (χ1n) is 7.70. The number of rotatable bonds is 6. The molecule has 0 aliphatic carbocycles. The van der Waals surface area contributed by atoms with Crippen LogP contribution in [0.2, 0.25) is 0 Å². The molecule has 1 aliphatic heterocycles. The maximum Gasteiger partial charge on any atom is 0.236 e. The zero-order valence-corrected chi connectivity index (χ0v) is 14.2. The molecule has 0 aromatic heterocycles. The zero-order chi connectivity index (χ0) is 17.0. The second kappa shape index (κ2) is 7.07. The Balaban J connectivity index is 1.76. The molecule has 1 aliphatic rings. The predicted molar refractivity (Wildman–Crippen MR) is 93.0 cm³/mol. The minimum absolute atomic E-state index is 0.203. The summed E-state index contributed by atoms with van der Waals surface area (Å²) in [7, 11) is -3.50. The van der Waals surface area contributed by atoms with Gasteiger partial charge in [-0.05, 0) is 29.3 Å². The van der Waals surface area contributed by atoms with Gasteiger partial charge in [0.15, 0.2) is 11.5 Å². The second-order valence-corrected chi connectivity index (χ2v) is 7.19. The van der Waals surface area contributed by atoms with Gasteiger partial charge in [-0.3, -0.25) is 0 Å². The fourth-order valence-electron chi connectivity index (χ4n) is 2.44. The van der Waals surface area contributed by atoms with Crippen molar-refractivity contribution in [3.05, 3.63) is 65.1 Å². The van der Waals surface area contributed by atoms with E-state index in [2.05, 4.69) is 0 Å². The van der Waals surface area contributed by atoms with E-state index in [1.54, 1.807) is 12.1 Å². The quantitative estimate of drug-likeness (QED) is 0.806. The highest BCUT2D eigenvalue weighted by molar-refractivity contribution is 7.92. The number of nitrogens with zero attached hydrogens (tertiary/aromatic N) is 1. The van der Waals surface area contributed by atoms with Crippen LogP contribution >= 0.6 is 0 Å². The van der Waals surface area contributed by atoms with Gasteiger partial charge in [0.25, 0.3) is 0 Å². The van der Waals surface area contributed by atoms with Crippen LogP contribution in [0, 0.1) is 0 Å². The van der Waals surface area contributed by atoms with Crippen LogP contribution in [0.3, 0.4) is 0 Å². The summed E-state index contributed by atoms with van der Waals surface area (Å²) in [6, 6.07) is 14.8. The molecule has 2 aromatic rings. The summed E-state index contributed by atoms with van der Waals surface area (Å²) < 4.78 is 37.1. The van der Waals surface area contributed by atoms with Gasteiger partial charge in [-0.15, -0.1) is 0 Å². The molecule has 2 aromatic carbocycles. The fourth-order valence-corrected chi connectivity index (χ4v) is 3.63. The van der Waals surface area contributed by atoms with Crippen molar-refractivity contribution < 1.29 is 17.9 Å². The molecule has 24 heavy (non-hydrogen) atoms. The zero-order valence-electron chi connectivity index (χ0n) is 13.4. The molecular weight excluding hydrogens is 326 g/mol. The van der Waals surface area contributed by atoms with Crippen LogP contribution in [-0.2, 0) is 16.6 Å². The molecule has 3 rings (SSSR count). The van der Waals surface area contributed by atoms with E-state index in [4.69, 9.17) is 9.47 Å². The highest BCUT2D eigenvalue weighted by atomic mass is 32.2. The number of hydrogen-bond acceptors (Lipinski definition) is 4. The van der Waals surface area contributed by atoms with Crippen molar-refractivity contribution in [2.45, 2.75) is 13.5 Å². The maximum absolute atomic E-state index is 12.6. The topological polar surface area (TPSA) is 55.8 Å². The highest BCUT2D eigenvalue weighted by Gasteiger charge is 2.19. The van der Waals surface area contributed by atoms with Gasteiger partial charge in [0, 0.05) is 18.5 Å². The molecule has 0 N–H and O–H groups in total. The summed E-state index contributed by atoms with van der Waals surface area (Å²) in [6.07, 6.45) is 1.61. The van der Waals surface area contributed by atoms with E-state index in [9.17, 15) is 8.42 Å². The van der Waals surface area contributed by atoms with Crippen molar-refractivity contribution >= 4 is 16.1 Å². The van der Waals surface area contributed by atoms with Gasteiger partial charge in [0.2, 0.25) is 16.8 Å². The Kier molecular flexibility index (Phi) is 4.87. The average Bonchev–Trinajstić information content (AvgIpc) is 3.06. The molecule has 0 saturated carbocycles. The lowest BCUT2D eigenvalue weighted by Crippen LogP contribution is -2.28. The molecule has 0 unspecified atom stereocenters. The van der Waals surface area contributed by atoms with Crippen molar-refractivity contribution in [3.63, 3.8) is 0 Å². The molecule has 0 radical (unpaired) electrons. The second-order valence-electron chi connectivity index (χ2n) is 5.37. The molecule has 5 nitrogen and oxygen atoms in total. The highest BCUT2D eigenvalue weighted by Crippen LogP contribution is 2.33. The Morgan fingerprint density at radius 2 is 1.83 bits per heavy atom. The van der Waals surface area contributed by atoms with Gasteiger partial charge in [0.05, 0.1) is 0 Å². The molecule has 0 spiro atoms. The molecule has 1 heterocycles. The smallest absolute Gasteiger partial charge is 0.236 e. The summed E-state index contributed by atoms with van der Waals surface area (Å²) in [5.41, 5.74) is 1.71. The van der Waals surface area contributed by atoms with E-state index in [-0.39, 0.29) is 13.3 Å². The molecule has 6 heteroatoms. The number of benzene rings is 2. The Hall–Kier alpha value is -2.31. The lowest BCUT2D eigenvalue weighted by Gasteiger charge is -2.18. The molecule has 0 atom stereocenters. The average molecular weight is 345 g/mol. The number of fused-ring (bicyclic) bond motifs is 1. The minimum Gasteiger partial charge on any atom is -0.454 e. The fraction of sp³-hybridized carbons (Fsp3) is 0.222. The SMILES string of the molecule is CCN(Cc1ccc2c(c1)OCO2)S(=O)(=O)C=Cc1ccccc1. The van der Waals surface area contributed by atoms with E-state index < -0.39 is 10.0 Å². The van der Waals surface area contributed by atoms with E-state index >= 15 is 0 Å². The van der Waals surface area contributed by atoms with E-state index in [0.29, 0.717) is 18.0 Å². The summed E-state index contributed by atoms with van der Waals surface area (Å²) in [5.74, 6) is 1.34. The monoisotopic (exact) mass is 345 g/mol. The lowest BCUT2D eigenvalue weighted by atomic mass is 10.2. The van der Waals surface area contributed by atoms with Gasteiger partial charge < -0.3 is 9.47 Å². The van der Waals surface area contributed by atoms with Gasteiger partial charge in [-0.2, -0.15) is 4.31 Å². The summed E-state index contributed by atoms with van der Waals surface area (Å²) in [6.45, 7) is 2.69. The predicted octanol–water partition coefficient (Wildman–Crippen LogP) is 3.24. The van der Waals surface area contributed by atoms with E-state index in [0.717, 1.165) is 11.1 Å². The van der Waals surface area contributed by atoms with Crippen LogP contribution in [0.5, 0.6) is 11.5 Å². The van der Waals surface area contributed by atoms with Crippen molar-refractivity contribution in [1.29, 1.82) is 0 Å². The third-order valence-corrected chi connectivity index (χ3v) is 5.33. The van der Waals surface area contributed by atoms with E-state index in [1.807, 2.05) is 49.4 Å². The Labute approximate surface area is 142 Å². The van der Waals surface area contributed by atoms with Crippen molar-refractivity contribution in [1.82, 2.24) is 4.31 Å². The summed E-state index contributed by atoms with van der Waals surface area (Å²) >= 11 is 0. The first kappa shape index (κ1) is 16.5. The first-order valence-corrected chi connectivity index (χ1v) is 9.20. The van der Waals surface area contributed by atoms with Crippen LogP contribution in [0.25, 0.3) is 6.08 Å². The van der Waals surface area contributed by atoms with Crippen molar-refractivity contribution in [2.24, 2.45) is 0 Å². The Morgan fingerprint density at radius 1 is 1.08 bits per heavy atom. The standard InChI is InChI=1S/C18H19NO4S/c1-2-19(13-16-8-9-17-18(12-16)23-14-22-17)24(20,21)11-10-15-6-4-3-5-7-15/h3-12H,2,13-14H2,1H3. The summed E-state index contributed by atoms with van der Waals surface area (Å²) in [4.78, 5) is 0. The molecule has 126 valence electrons. The van der Waals surface area contributed by atoms with Crippen LogP contribution in [0.1, 0.15) is 18.1 Å². The van der Waals surface area contributed by atoms with Crippen molar-refractivity contribution in [3.8, 4) is 11.5 Å². The lowest BCUT2D eigenvalue weighted by molar-refractivity contribution is 0.174. The molecule has 0 saturated heterocycles. The van der Waals surface area contributed by atoms with Gasteiger partial charge in [0.1, 0.15) is 0 Å².